The Hall–Kier alpha value is -1.56. The third kappa shape index (κ3) is 3.22. The predicted molar refractivity (Wildman–Crippen MR) is 61.7 cm³/mol. The summed E-state index contributed by atoms with van der Waals surface area (Å²) in [6.45, 7) is 2.74. The molecular weight excluding hydrogens is 245 g/mol. The number of carbonyl (C=O) groups excluding carboxylic acids is 1. The number of carbonyl (C=O) groups is 1. The zero-order chi connectivity index (χ0) is 14.0. The van der Waals surface area contributed by atoms with Crippen LogP contribution in [0.4, 0.5) is 13.2 Å². The van der Waals surface area contributed by atoms with E-state index < -0.39 is 23.2 Å². The number of halogens is 3. The van der Waals surface area contributed by atoms with Gasteiger partial charge in [-0.15, -0.1) is 0 Å². The molecule has 0 aliphatic rings. The van der Waals surface area contributed by atoms with Gasteiger partial charge in [0.2, 0.25) is 5.91 Å². The van der Waals surface area contributed by atoms with E-state index in [-0.39, 0.29) is 12.1 Å². The fourth-order valence-electron chi connectivity index (χ4n) is 1.74. The highest BCUT2D eigenvalue weighted by molar-refractivity contribution is 5.78. The van der Waals surface area contributed by atoms with Gasteiger partial charge in [0.25, 0.3) is 0 Å². The second-order valence-electron chi connectivity index (χ2n) is 4.42. The van der Waals surface area contributed by atoms with Crippen molar-refractivity contribution in [1.82, 2.24) is 5.32 Å². The molecule has 0 unspecified atom stereocenters. The van der Waals surface area contributed by atoms with E-state index in [2.05, 4.69) is 5.32 Å². The minimum atomic E-state index is -4.46. The van der Waals surface area contributed by atoms with Crippen LogP contribution in [0.2, 0.25) is 0 Å². The number of rotatable bonds is 3. The monoisotopic (exact) mass is 260 g/mol. The Morgan fingerprint density at radius 1 is 1.22 bits per heavy atom. The van der Waals surface area contributed by atoms with Crippen molar-refractivity contribution in [3.05, 3.63) is 35.4 Å². The molecule has 18 heavy (non-hydrogen) atoms. The molecule has 0 spiro atoms. The van der Waals surface area contributed by atoms with E-state index in [0.717, 1.165) is 6.07 Å². The molecule has 0 fully saturated rings. The van der Waals surface area contributed by atoms with Gasteiger partial charge in [-0.3, -0.25) is 4.79 Å². The summed E-state index contributed by atoms with van der Waals surface area (Å²) in [7, 11) is 0. The van der Waals surface area contributed by atoms with Crippen LogP contribution in [0.1, 0.15) is 25.0 Å². The van der Waals surface area contributed by atoms with E-state index in [9.17, 15) is 18.0 Å². The summed E-state index contributed by atoms with van der Waals surface area (Å²) in [4.78, 5) is 11.2. The van der Waals surface area contributed by atoms with Crippen molar-refractivity contribution in [1.29, 1.82) is 0 Å². The van der Waals surface area contributed by atoms with Gasteiger partial charge in [-0.2, -0.15) is 13.2 Å². The van der Waals surface area contributed by atoms with Crippen molar-refractivity contribution in [3.8, 4) is 0 Å². The maximum Gasteiger partial charge on any atom is 0.416 e. The van der Waals surface area contributed by atoms with Gasteiger partial charge in [0.05, 0.1) is 17.6 Å². The lowest BCUT2D eigenvalue weighted by Gasteiger charge is -2.29. The molecule has 1 rings (SSSR count). The third-order valence-corrected chi connectivity index (χ3v) is 2.54. The molecule has 0 aromatic heterocycles. The molecule has 3 N–H and O–H groups in total. The Morgan fingerprint density at radius 3 is 2.17 bits per heavy atom. The summed E-state index contributed by atoms with van der Waals surface area (Å²) >= 11 is 0. The van der Waals surface area contributed by atoms with Gasteiger partial charge in [-0.25, -0.2) is 0 Å². The van der Waals surface area contributed by atoms with E-state index in [1.54, 1.807) is 0 Å². The van der Waals surface area contributed by atoms with Crippen molar-refractivity contribution < 1.29 is 18.0 Å². The average molecular weight is 260 g/mol. The smallest absolute Gasteiger partial charge is 0.346 e. The second-order valence-corrected chi connectivity index (χ2v) is 4.42. The largest absolute Gasteiger partial charge is 0.416 e. The van der Waals surface area contributed by atoms with Crippen molar-refractivity contribution >= 4 is 5.91 Å². The Morgan fingerprint density at radius 2 is 1.72 bits per heavy atom. The molecular formula is C12H15F3N2O. The van der Waals surface area contributed by atoms with E-state index in [1.807, 2.05) is 0 Å². The molecule has 0 heterocycles. The van der Waals surface area contributed by atoms with E-state index >= 15 is 0 Å². The van der Waals surface area contributed by atoms with Crippen LogP contribution < -0.4 is 11.1 Å². The first-order valence-corrected chi connectivity index (χ1v) is 5.36. The Bertz CT molecular complexity index is 441. The van der Waals surface area contributed by atoms with Crippen LogP contribution in [0.5, 0.6) is 0 Å². The van der Waals surface area contributed by atoms with Gasteiger partial charge in [0.1, 0.15) is 0 Å². The summed E-state index contributed by atoms with van der Waals surface area (Å²) in [5, 5.41) is 2.47. The van der Waals surface area contributed by atoms with Crippen LogP contribution in [0.25, 0.3) is 0 Å². The fourth-order valence-corrected chi connectivity index (χ4v) is 1.74. The molecule has 0 aliphatic heterocycles. The molecule has 0 atom stereocenters. The summed E-state index contributed by atoms with van der Waals surface area (Å²) in [6.07, 6.45) is -4.46. The zero-order valence-corrected chi connectivity index (χ0v) is 10.1. The Labute approximate surface area is 103 Å². The van der Waals surface area contributed by atoms with Gasteiger partial charge in [-0.05, 0) is 25.5 Å². The lowest BCUT2D eigenvalue weighted by Crippen LogP contribution is -2.44. The van der Waals surface area contributed by atoms with E-state index in [0.29, 0.717) is 0 Å². The van der Waals surface area contributed by atoms with Crippen LogP contribution in [0, 0.1) is 0 Å². The van der Waals surface area contributed by atoms with Crippen molar-refractivity contribution in [2.24, 2.45) is 5.73 Å². The lowest BCUT2D eigenvalue weighted by atomic mass is 9.89. The van der Waals surface area contributed by atoms with Crippen molar-refractivity contribution in [2.75, 3.05) is 6.54 Å². The summed E-state index contributed by atoms with van der Waals surface area (Å²) < 4.78 is 38.6. The van der Waals surface area contributed by atoms with Crippen LogP contribution in [-0.4, -0.2) is 12.5 Å². The van der Waals surface area contributed by atoms with Crippen LogP contribution in [-0.2, 0) is 16.5 Å². The molecule has 3 nitrogen and oxygen atoms in total. The predicted octanol–water partition coefficient (Wildman–Crippen LogP) is 2.02. The number of nitrogens with two attached hydrogens (primary N) is 1. The molecule has 0 saturated carbocycles. The molecule has 1 aromatic rings. The number of nitrogens with one attached hydrogen (secondary N) is 1. The fraction of sp³-hybridized carbons (Fsp3) is 0.417. The Kier molecular flexibility index (Phi) is 4.01. The highest BCUT2D eigenvalue weighted by Gasteiger charge is 2.37. The lowest BCUT2D eigenvalue weighted by molar-refractivity contribution is -0.139. The standard InChI is InChI=1S/C12H15F3N2O/c1-11(2,17-10(18)7-16)8-5-3-4-6-9(8)12(13,14)15/h3-6H,7,16H2,1-2H3,(H,17,18). The summed E-state index contributed by atoms with van der Waals surface area (Å²) in [6, 6.07) is 5.15. The molecule has 0 bridgehead atoms. The topological polar surface area (TPSA) is 55.1 Å². The first kappa shape index (κ1) is 14.5. The molecule has 0 radical (unpaired) electrons. The average Bonchev–Trinajstić information content (AvgIpc) is 2.27. The normalized spacial score (nSPS) is 12.3. The summed E-state index contributed by atoms with van der Waals surface area (Å²) in [5.41, 5.74) is 3.27. The highest BCUT2D eigenvalue weighted by Crippen LogP contribution is 2.36. The van der Waals surface area contributed by atoms with Crippen molar-refractivity contribution in [3.63, 3.8) is 0 Å². The van der Waals surface area contributed by atoms with Gasteiger partial charge in [0, 0.05) is 0 Å². The third-order valence-electron chi connectivity index (χ3n) is 2.54. The minimum absolute atomic E-state index is 0.0132. The number of alkyl halides is 3. The zero-order valence-electron chi connectivity index (χ0n) is 10.1. The maximum absolute atomic E-state index is 12.9. The van der Waals surface area contributed by atoms with Gasteiger partial charge in [0.15, 0.2) is 0 Å². The van der Waals surface area contributed by atoms with Gasteiger partial charge >= 0.3 is 6.18 Å². The number of amides is 1. The molecule has 100 valence electrons. The highest BCUT2D eigenvalue weighted by atomic mass is 19.4. The number of benzene rings is 1. The summed E-state index contributed by atoms with van der Waals surface area (Å²) in [5.74, 6) is -0.503. The van der Waals surface area contributed by atoms with Crippen LogP contribution in [0.3, 0.4) is 0 Å². The molecule has 0 saturated heterocycles. The first-order valence-electron chi connectivity index (χ1n) is 5.36. The quantitative estimate of drug-likeness (QED) is 0.873. The molecule has 6 heteroatoms. The van der Waals surface area contributed by atoms with Gasteiger partial charge < -0.3 is 11.1 Å². The SMILES string of the molecule is CC(C)(NC(=O)CN)c1ccccc1C(F)(F)F. The molecule has 1 amide bonds. The maximum atomic E-state index is 12.9. The van der Waals surface area contributed by atoms with Crippen LogP contribution >= 0.6 is 0 Å². The van der Waals surface area contributed by atoms with Crippen LogP contribution in [0.15, 0.2) is 24.3 Å². The first-order chi connectivity index (χ1) is 8.18. The second kappa shape index (κ2) is 4.97. The van der Waals surface area contributed by atoms with Crippen molar-refractivity contribution in [2.45, 2.75) is 25.6 Å². The molecule has 0 aliphatic carbocycles. The molecule has 1 aromatic carbocycles. The Balaban J connectivity index is 3.20. The van der Waals surface area contributed by atoms with Gasteiger partial charge in [-0.1, -0.05) is 18.2 Å². The minimum Gasteiger partial charge on any atom is -0.346 e. The van der Waals surface area contributed by atoms with E-state index in [4.69, 9.17) is 5.73 Å². The number of hydrogen-bond acceptors (Lipinski definition) is 2. The number of hydrogen-bond donors (Lipinski definition) is 2. The van der Waals surface area contributed by atoms with E-state index in [1.165, 1.54) is 32.0 Å².